The lowest BCUT2D eigenvalue weighted by Gasteiger charge is -2.33. The largest absolute Gasteiger partial charge is 0.416 e. The van der Waals surface area contributed by atoms with E-state index < -0.39 is 42.0 Å². The Morgan fingerprint density at radius 3 is 2.26 bits per heavy atom. The zero-order valence-electron chi connectivity index (χ0n) is 20.4. The van der Waals surface area contributed by atoms with Crippen molar-refractivity contribution in [3.63, 3.8) is 0 Å². The highest BCUT2D eigenvalue weighted by atomic mass is 35.5. The third-order valence-electron chi connectivity index (χ3n) is 6.01. The van der Waals surface area contributed by atoms with E-state index in [1.54, 1.807) is 23.1 Å². The summed E-state index contributed by atoms with van der Waals surface area (Å²) in [5.41, 5.74) is 4.03. The number of fused-ring (bicyclic) bond motifs is 1. The Kier molecular flexibility index (Phi) is 8.49. The number of nitrogens with two attached hydrogens (primary N) is 1. The number of nitrogens with zero attached hydrogens (tertiary/aromatic N) is 5. The number of benzene rings is 2. The van der Waals surface area contributed by atoms with E-state index in [-0.39, 0.29) is 17.6 Å². The second-order valence-corrected chi connectivity index (χ2v) is 9.10. The Labute approximate surface area is 220 Å². The van der Waals surface area contributed by atoms with Crippen LogP contribution in [0.3, 0.4) is 0 Å². The van der Waals surface area contributed by atoms with E-state index >= 15 is 0 Å². The normalized spacial score (nSPS) is 16.5. The van der Waals surface area contributed by atoms with Crippen LogP contribution in [0.1, 0.15) is 48.1 Å². The average molecular weight is 563 g/mol. The van der Waals surface area contributed by atoms with Crippen LogP contribution >= 0.6 is 11.6 Å². The number of carbonyl (C=O) groups excluding carboxylic acids is 1. The van der Waals surface area contributed by atoms with Gasteiger partial charge in [0.15, 0.2) is 0 Å². The van der Waals surface area contributed by atoms with Crippen molar-refractivity contribution in [3.8, 4) is 0 Å². The van der Waals surface area contributed by atoms with Gasteiger partial charge in [0, 0.05) is 38.8 Å². The molecule has 1 aliphatic rings. The van der Waals surface area contributed by atoms with Crippen molar-refractivity contribution in [1.82, 2.24) is 10.0 Å². The lowest BCUT2D eigenvalue weighted by atomic mass is 9.98. The van der Waals surface area contributed by atoms with Gasteiger partial charge >= 0.3 is 12.4 Å². The van der Waals surface area contributed by atoms with E-state index in [1.807, 2.05) is 0 Å². The van der Waals surface area contributed by atoms with Crippen LogP contribution in [0, 0.1) is 0 Å². The molecule has 1 unspecified atom stereocenters. The van der Waals surface area contributed by atoms with Gasteiger partial charge in [0.05, 0.1) is 22.9 Å². The van der Waals surface area contributed by atoms with E-state index in [0.717, 1.165) is 5.12 Å². The maximum atomic E-state index is 13.4. The number of carbonyl (C=O) groups is 1. The van der Waals surface area contributed by atoms with Crippen molar-refractivity contribution in [1.29, 1.82) is 0 Å². The van der Waals surface area contributed by atoms with Crippen molar-refractivity contribution < 1.29 is 31.1 Å². The smallest absolute Gasteiger partial charge is 0.368 e. The molecule has 0 saturated carbocycles. The van der Waals surface area contributed by atoms with Gasteiger partial charge in [-0.05, 0) is 54.3 Å². The molecule has 0 saturated heterocycles. The molecule has 0 bridgehead atoms. The van der Waals surface area contributed by atoms with Gasteiger partial charge in [-0.1, -0.05) is 17.7 Å². The number of guanidine groups is 1. The fraction of sp³-hybridized carbons (Fsp3) is 0.375. The molecule has 0 aromatic heterocycles. The third kappa shape index (κ3) is 6.69. The molecule has 1 heterocycles. The number of amides is 1. The Morgan fingerprint density at radius 1 is 1.13 bits per heavy atom. The summed E-state index contributed by atoms with van der Waals surface area (Å²) in [6, 6.07) is 5.43. The van der Waals surface area contributed by atoms with Crippen LogP contribution in [-0.2, 0) is 23.7 Å². The lowest BCUT2D eigenvalue weighted by Crippen LogP contribution is -2.39. The quantitative estimate of drug-likeness (QED) is 0.215. The second kappa shape index (κ2) is 11.1. The molecule has 0 spiro atoms. The van der Waals surface area contributed by atoms with E-state index in [2.05, 4.69) is 16.9 Å². The fourth-order valence-corrected chi connectivity index (χ4v) is 4.46. The molecule has 2 aromatic rings. The van der Waals surface area contributed by atoms with Crippen LogP contribution < -0.4 is 10.6 Å². The van der Waals surface area contributed by atoms with Crippen LogP contribution in [0.25, 0.3) is 0 Å². The molecule has 1 aliphatic heterocycles. The molecule has 2 aromatic carbocycles. The van der Waals surface area contributed by atoms with Gasteiger partial charge in [-0.15, -0.1) is 5.10 Å². The first-order chi connectivity index (χ1) is 17.6. The number of hydrogen-bond donors (Lipinski definition) is 1. The van der Waals surface area contributed by atoms with E-state index in [4.69, 9.17) is 17.3 Å². The number of hydrazone groups is 2. The minimum absolute atomic E-state index is 0.0474. The first kappa shape index (κ1) is 29.1. The molecule has 3 rings (SSSR count). The first-order valence-corrected chi connectivity index (χ1v) is 11.7. The number of alkyl halides is 6. The summed E-state index contributed by atoms with van der Waals surface area (Å²) in [5.74, 6) is -0.487. The topological polar surface area (TPSA) is 77.5 Å². The lowest BCUT2D eigenvalue weighted by molar-refractivity contribution is -0.143. The predicted octanol–water partition coefficient (Wildman–Crippen LogP) is 5.84. The summed E-state index contributed by atoms with van der Waals surface area (Å²) < 4.78 is 80.4. The van der Waals surface area contributed by atoms with Crippen molar-refractivity contribution in [2.75, 3.05) is 18.5 Å². The number of rotatable bonds is 5. The zero-order valence-corrected chi connectivity index (χ0v) is 21.2. The van der Waals surface area contributed by atoms with Crippen LogP contribution in [0.5, 0.6) is 0 Å². The maximum absolute atomic E-state index is 13.4. The molecule has 1 atom stereocenters. The van der Waals surface area contributed by atoms with Crippen LogP contribution in [0.4, 0.5) is 32.0 Å². The Morgan fingerprint density at radius 2 is 1.74 bits per heavy atom. The number of hydrogen-bond acceptors (Lipinski definition) is 4. The van der Waals surface area contributed by atoms with Gasteiger partial charge in [0.1, 0.15) is 0 Å². The van der Waals surface area contributed by atoms with E-state index in [1.165, 1.54) is 18.9 Å². The molecule has 38 heavy (non-hydrogen) atoms. The molecule has 7 nitrogen and oxygen atoms in total. The fourth-order valence-electron chi connectivity index (χ4n) is 4.29. The van der Waals surface area contributed by atoms with Crippen LogP contribution in [0.2, 0.25) is 5.02 Å². The summed E-state index contributed by atoms with van der Waals surface area (Å²) in [4.78, 5) is 15.7. The molecule has 1 amide bonds. The first-order valence-electron chi connectivity index (χ1n) is 11.3. The summed E-state index contributed by atoms with van der Waals surface area (Å²) >= 11 is 6.23. The minimum atomic E-state index is -5.01. The Bertz CT molecular complexity index is 1200. The van der Waals surface area contributed by atoms with Crippen molar-refractivity contribution in [3.05, 3.63) is 63.7 Å². The third-order valence-corrected chi connectivity index (χ3v) is 6.25. The Balaban J connectivity index is 2.10. The molecule has 0 aliphatic carbocycles. The second-order valence-electron chi connectivity index (χ2n) is 8.66. The van der Waals surface area contributed by atoms with Gasteiger partial charge in [-0.25, -0.2) is 0 Å². The monoisotopic (exact) mass is 562 g/mol. The highest BCUT2D eigenvalue weighted by Crippen LogP contribution is 2.40. The summed E-state index contributed by atoms with van der Waals surface area (Å²) in [6.07, 6.45) is -9.21. The van der Waals surface area contributed by atoms with Gasteiger partial charge in [0.25, 0.3) is 0 Å². The summed E-state index contributed by atoms with van der Waals surface area (Å²) in [7, 11) is 1.52. The molecular formula is C24H25ClF6N6O. The van der Waals surface area contributed by atoms with Crippen LogP contribution in [-0.4, -0.2) is 42.2 Å². The van der Waals surface area contributed by atoms with Crippen molar-refractivity contribution >= 4 is 35.9 Å². The van der Waals surface area contributed by atoms with Crippen molar-refractivity contribution in [2.45, 2.75) is 44.7 Å². The predicted molar refractivity (Wildman–Crippen MR) is 132 cm³/mol. The van der Waals surface area contributed by atoms with Gasteiger partial charge in [-0.2, -0.15) is 36.6 Å². The molecule has 0 radical (unpaired) electrons. The number of halogens is 7. The summed E-state index contributed by atoms with van der Waals surface area (Å²) in [5, 5.41) is 9.24. The van der Waals surface area contributed by atoms with Crippen molar-refractivity contribution in [2.24, 2.45) is 15.9 Å². The molecular weight excluding hydrogens is 538 g/mol. The summed E-state index contributed by atoms with van der Waals surface area (Å²) in [6.45, 7) is 4.43. The van der Waals surface area contributed by atoms with Crippen LogP contribution in [0.15, 0.2) is 46.6 Å². The molecule has 0 fully saturated rings. The van der Waals surface area contributed by atoms with E-state index in [0.29, 0.717) is 47.8 Å². The average Bonchev–Trinajstić information content (AvgIpc) is 3.00. The number of anilines is 1. The standard InChI is InChI=1S/C24H25ClF6N6O/c1-14(38)37(13-15-9-16(23(26,27)28)11-17(10-15)24(29,30)31)20-5-4-8-36(22(32)34-35(3)33-2)21-12-18(25)6-7-19(20)21/h6-7,9-12,20H,2,4-5,8,13H2,1,3H3,(H2,32,34). The minimum Gasteiger partial charge on any atom is -0.368 e. The maximum Gasteiger partial charge on any atom is 0.416 e. The highest BCUT2D eigenvalue weighted by Gasteiger charge is 2.38. The highest BCUT2D eigenvalue weighted by molar-refractivity contribution is 6.31. The van der Waals surface area contributed by atoms with Gasteiger partial charge < -0.3 is 15.5 Å². The molecule has 14 heteroatoms. The zero-order chi connectivity index (χ0) is 28.4. The molecule has 2 N–H and O–H groups in total. The van der Waals surface area contributed by atoms with E-state index in [9.17, 15) is 31.1 Å². The Hall–Kier alpha value is -3.48. The van der Waals surface area contributed by atoms with Gasteiger partial charge in [-0.3, -0.25) is 4.79 Å². The van der Waals surface area contributed by atoms with Gasteiger partial charge in [0.2, 0.25) is 11.9 Å². The molecule has 206 valence electrons. The SMILES string of the molecule is C=NN(C)/N=C(\N)N1CCCC(N(Cc2cc(C(F)(F)F)cc(C(F)(F)F)c2)C(C)=O)c2ccc(Cl)cc21.